The zero-order valence-corrected chi connectivity index (χ0v) is 12.6. The highest BCUT2D eigenvalue weighted by molar-refractivity contribution is 5.30. The van der Waals surface area contributed by atoms with Gasteiger partial charge >= 0.3 is 5.69 Å². The third-order valence-corrected chi connectivity index (χ3v) is 4.20. The first-order valence-corrected chi connectivity index (χ1v) is 6.89. The number of hydrogen-bond donors (Lipinski definition) is 1. The molecule has 1 N–H and O–H groups in total. The molecule has 0 aliphatic carbocycles. The summed E-state index contributed by atoms with van der Waals surface area (Å²) >= 11 is 0. The van der Waals surface area contributed by atoms with Crippen molar-refractivity contribution >= 4 is 5.82 Å². The van der Waals surface area contributed by atoms with Gasteiger partial charge in [0.2, 0.25) is 5.82 Å². The normalized spacial score (nSPS) is 19.0. The van der Waals surface area contributed by atoms with Crippen LogP contribution in [0.5, 0.6) is 0 Å². The summed E-state index contributed by atoms with van der Waals surface area (Å²) < 4.78 is 2.26. The molecule has 1 aromatic rings. The SMILES string of the molecule is CN1CCC(C)(CNc2nn(C)c(=O)n(C)c2=O)CC1. The van der Waals surface area contributed by atoms with Crippen molar-refractivity contribution in [3.63, 3.8) is 0 Å². The zero-order valence-electron chi connectivity index (χ0n) is 12.6. The Morgan fingerprint density at radius 1 is 1.20 bits per heavy atom. The van der Waals surface area contributed by atoms with Crippen LogP contribution in [0.3, 0.4) is 0 Å². The molecule has 7 heteroatoms. The first-order chi connectivity index (χ1) is 9.32. The molecule has 1 saturated heterocycles. The van der Waals surface area contributed by atoms with Crippen LogP contribution in [0.4, 0.5) is 5.82 Å². The van der Waals surface area contributed by atoms with Gasteiger partial charge in [0.15, 0.2) is 0 Å². The van der Waals surface area contributed by atoms with Crippen LogP contribution in [0.2, 0.25) is 0 Å². The number of likely N-dealkylation sites (tertiary alicyclic amines) is 1. The van der Waals surface area contributed by atoms with E-state index >= 15 is 0 Å². The number of nitrogens with one attached hydrogen (secondary N) is 1. The second kappa shape index (κ2) is 5.40. The van der Waals surface area contributed by atoms with Crippen LogP contribution >= 0.6 is 0 Å². The van der Waals surface area contributed by atoms with E-state index in [0.717, 1.165) is 30.5 Å². The molecule has 7 nitrogen and oxygen atoms in total. The molecule has 0 amide bonds. The minimum absolute atomic E-state index is 0.161. The largest absolute Gasteiger partial charge is 0.363 e. The van der Waals surface area contributed by atoms with Gasteiger partial charge in [-0.3, -0.25) is 9.36 Å². The molecule has 1 aliphatic rings. The first-order valence-electron chi connectivity index (χ1n) is 6.89. The van der Waals surface area contributed by atoms with Crippen molar-refractivity contribution in [2.24, 2.45) is 19.5 Å². The molecule has 0 aromatic carbocycles. The van der Waals surface area contributed by atoms with Crippen molar-refractivity contribution in [1.29, 1.82) is 0 Å². The summed E-state index contributed by atoms with van der Waals surface area (Å²) in [6.07, 6.45) is 2.17. The highest BCUT2D eigenvalue weighted by Gasteiger charge is 2.29. The summed E-state index contributed by atoms with van der Waals surface area (Å²) in [6, 6.07) is 0. The number of rotatable bonds is 3. The Morgan fingerprint density at radius 2 is 1.80 bits per heavy atom. The number of aryl methyl sites for hydroxylation is 1. The number of piperidine rings is 1. The van der Waals surface area contributed by atoms with Gasteiger partial charge in [-0.15, -0.1) is 5.10 Å². The molecule has 0 unspecified atom stereocenters. The first kappa shape index (κ1) is 14.8. The van der Waals surface area contributed by atoms with Gasteiger partial charge in [0.05, 0.1) is 0 Å². The Labute approximate surface area is 118 Å². The van der Waals surface area contributed by atoms with Gasteiger partial charge in [0.1, 0.15) is 0 Å². The Bertz CT molecular complexity index is 596. The molecule has 2 heterocycles. The van der Waals surface area contributed by atoms with E-state index in [1.165, 1.54) is 11.7 Å². The average molecular weight is 281 g/mol. The van der Waals surface area contributed by atoms with Crippen LogP contribution < -0.4 is 16.6 Å². The summed E-state index contributed by atoms with van der Waals surface area (Å²) in [7, 11) is 5.14. The van der Waals surface area contributed by atoms with Crippen LogP contribution in [0, 0.1) is 5.41 Å². The average Bonchev–Trinajstić information content (AvgIpc) is 2.43. The fourth-order valence-corrected chi connectivity index (χ4v) is 2.44. The predicted octanol–water partition coefficient (Wildman–Crippen LogP) is -0.377. The lowest BCUT2D eigenvalue weighted by Gasteiger charge is -2.38. The van der Waals surface area contributed by atoms with Gasteiger partial charge in [-0.1, -0.05) is 6.92 Å². The molecule has 20 heavy (non-hydrogen) atoms. The third kappa shape index (κ3) is 2.92. The van der Waals surface area contributed by atoms with Crippen LogP contribution in [-0.4, -0.2) is 45.9 Å². The fourth-order valence-electron chi connectivity index (χ4n) is 2.44. The molecule has 0 radical (unpaired) electrons. The van der Waals surface area contributed by atoms with E-state index in [-0.39, 0.29) is 16.8 Å². The zero-order chi connectivity index (χ0) is 14.9. The van der Waals surface area contributed by atoms with Gasteiger partial charge in [-0.05, 0) is 38.4 Å². The van der Waals surface area contributed by atoms with Crippen LogP contribution in [0.25, 0.3) is 0 Å². The Kier molecular flexibility index (Phi) is 3.99. The molecule has 1 fully saturated rings. The maximum absolute atomic E-state index is 12.0. The molecule has 1 aliphatic heterocycles. The third-order valence-electron chi connectivity index (χ3n) is 4.20. The fraction of sp³-hybridized carbons (Fsp3) is 0.769. The molecule has 2 rings (SSSR count). The van der Waals surface area contributed by atoms with Crippen molar-refractivity contribution < 1.29 is 0 Å². The molecule has 1 aromatic heterocycles. The van der Waals surface area contributed by atoms with Crippen molar-refractivity contribution in [1.82, 2.24) is 19.2 Å². The van der Waals surface area contributed by atoms with Crippen molar-refractivity contribution in [3.8, 4) is 0 Å². The van der Waals surface area contributed by atoms with Gasteiger partial charge < -0.3 is 10.2 Å². The number of nitrogens with zero attached hydrogens (tertiary/aromatic N) is 4. The monoisotopic (exact) mass is 281 g/mol. The lowest BCUT2D eigenvalue weighted by Crippen LogP contribution is -2.43. The Morgan fingerprint density at radius 3 is 2.40 bits per heavy atom. The number of anilines is 1. The maximum Gasteiger partial charge on any atom is 0.346 e. The molecule has 0 atom stereocenters. The second-order valence-corrected chi connectivity index (χ2v) is 6.09. The van der Waals surface area contributed by atoms with Crippen molar-refractivity contribution in [2.45, 2.75) is 19.8 Å². The summed E-state index contributed by atoms with van der Waals surface area (Å²) in [4.78, 5) is 25.9. The predicted molar refractivity (Wildman–Crippen MR) is 78.0 cm³/mol. The summed E-state index contributed by atoms with van der Waals surface area (Å²) in [5, 5.41) is 7.14. The van der Waals surface area contributed by atoms with E-state index in [1.807, 2.05) is 0 Å². The van der Waals surface area contributed by atoms with Gasteiger partial charge in [-0.2, -0.15) is 0 Å². The van der Waals surface area contributed by atoms with E-state index in [1.54, 1.807) is 7.05 Å². The number of aromatic nitrogens is 3. The second-order valence-electron chi connectivity index (χ2n) is 6.09. The molecular weight excluding hydrogens is 258 g/mol. The minimum Gasteiger partial charge on any atom is -0.363 e. The highest BCUT2D eigenvalue weighted by atomic mass is 16.2. The standard InChI is InChI=1S/C13H23N5O2/c1-13(5-7-16(2)8-6-13)9-14-10-11(19)17(3)12(20)18(4)15-10/h5-9H2,1-4H3,(H,14,15). The number of hydrogen-bond acceptors (Lipinski definition) is 5. The van der Waals surface area contributed by atoms with E-state index in [2.05, 4.69) is 29.3 Å². The molecule has 112 valence electrons. The summed E-state index contributed by atoms with van der Waals surface area (Å²) in [6.45, 7) is 5.05. The van der Waals surface area contributed by atoms with Crippen LogP contribution in [0.1, 0.15) is 19.8 Å². The van der Waals surface area contributed by atoms with Gasteiger partial charge in [0.25, 0.3) is 5.56 Å². The van der Waals surface area contributed by atoms with Crippen LogP contribution in [0.15, 0.2) is 9.59 Å². The smallest absolute Gasteiger partial charge is 0.346 e. The topological polar surface area (TPSA) is 72.2 Å². The van der Waals surface area contributed by atoms with E-state index in [4.69, 9.17) is 0 Å². The summed E-state index contributed by atoms with van der Waals surface area (Å²) in [5.74, 6) is 0.245. The minimum atomic E-state index is -0.411. The van der Waals surface area contributed by atoms with Gasteiger partial charge in [-0.25, -0.2) is 9.48 Å². The lowest BCUT2D eigenvalue weighted by atomic mass is 9.80. The van der Waals surface area contributed by atoms with E-state index in [9.17, 15) is 9.59 Å². The van der Waals surface area contributed by atoms with Gasteiger partial charge in [0, 0.05) is 20.6 Å². The molecule has 0 saturated carbocycles. The maximum atomic E-state index is 12.0. The molecule has 0 bridgehead atoms. The lowest BCUT2D eigenvalue weighted by molar-refractivity contribution is 0.150. The summed E-state index contributed by atoms with van der Waals surface area (Å²) in [5.41, 5.74) is -0.621. The highest BCUT2D eigenvalue weighted by Crippen LogP contribution is 2.30. The Hall–Kier alpha value is -1.63. The molecule has 0 spiro atoms. The van der Waals surface area contributed by atoms with Crippen molar-refractivity contribution in [3.05, 3.63) is 20.8 Å². The van der Waals surface area contributed by atoms with E-state index in [0.29, 0.717) is 6.54 Å². The Balaban J connectivity index is 2.12. The quantitative estimate of drug-likeness (QED) is 0.818. The van der Waals surface area contributed by atoms with Crippen LogP contribution in [-0.2, 0) is 14.1 Å². The van der Waals surface area contributed by atoms with E-state index < -0.39 is 5.69 Å². The van der Waals surface area contributed by atoms with Crippen molar-refractivity contribution in [2.75, 3.05) is 32.0 Å². The molecular formula is C13H23N5O2.